The number of sulfonamides is 1. The highest BCUT2D eigenvalue weighted by atomic mass is 32.2. The SMILES string of the molecule is CC(C)CNc1ccc(S(=O)(=O)N2CCOCC2)cc1NC(=O)CN. The fourth-order valence-electron chi connectivity index (χ4n) is 2.39. The van der Waals surface area contributed by atoms with Crippen LogP contribution in [0.3, 0.4) is 0 Å². The zero-order chi connectivity index (χ0) is 18.4. The Hall–Kier alpha value is -1.68. The third kappa shape index (κ3) is 5.15. The largest absolute Gasteiger partial charge is 0.383 e. The molecule has 140 valence electrons. The smallest absolute Gasteiger partial charge is 0.243 e. The molecule has 0 atom stereocenters. The van der Waals surface area contributed by atoms with Crippen molar-refractivity contribution >= 4 is 27.3 Å². The van der Waals surface area contributed by atoms with E-state index in [0.717, 1.165) is 0 Å². The summed E-state index contributed by atoms with van der Waals surface area (Å²) < 4.78 is 32.2. The summed E-state index contributed by atoms with van der Waals surface area (Å²) in [5.74, 6) is 0.0170. The molecule has 2 rings (SSSR count). The average molecular weight is 370 g/mol. The van der Waals surface area contributed by atoms with E-state index in [9.17, 15) is 13.2 Å². The lowest BCUT2D eigenvalue weighted by atomic mass is 10.2. The number of rotatable bonds is 7. The molecule has 0 bridgehead atoms. The van der Waals surface area contributed by atoms with Gasteiger partial charge in [-0.3, -0.25) is 4.79 Å². The number of nitrogens with one attached hydrogen (secondary N) is 2. The number of ether oxygens (including phenoxy) is 1. The highest BCUT2D eigenvalue weighted by Gasteiger charge is 2.27. The number of carbonyl (C=O) groups excluding carboxylic acids is 1. The molecule has 0 spiro atoms. The van der Waals surface area contributed by atoms with Gasteiger partial charge in [-0.2, -0.15) is 4.31 Å². The van der Waals surface area contributed by atoms with Gasteiger partial charge < -0.3 is 21.1 Å². The first-order chi connectivity index (χ1) is 11.8. The summed E-state index contributed by atoms with van der Waals surface area (Å²) >= 11 is 0. The molecule has 1 saturated heterocycles. The molecule has 0 aliphatic carbocycles. The molecule has 0 unspecified atom stereocenters. The Morgan fingerprint density at radius 3 is 2.56 bits per heavy atom. The maximum atomic E-state index is 12.8. The number of carbonyl (C=O) groups is 1. The Morgan fingerprint density at radius 1 is 1.28 bits per heavy atom. The third-order valence-electron chi connectivity index (χ3n) is 3.76. The van der Waals surface area contributed by atoms with Crippen LogP contribution in [0.25, 0.3) is 0 Å². The van der Waals surface area contributed by atoms with Crippen molar-refractivity contribution in [2.24, 2.45) is 11.7 Å². The topological polar surface area (TPSA) is 114 Å². The zero-order valence-corrected chi connectivity index (χ0v) is 15.4. The van der Waals surface area contributed by atoms with Gasteiger partial charge in [-0.25, -0.2) is 8.42 Å². The van der Waals surface area contributed by atoms with Gasteiger partial charge in [0, 0.05) is 19.6 Å². The van der Waals surface area contributed by atoms with Gasteiger partial charge in [-0.1, -0.05) is 13.8 Å². The van der Waals surface area contributed by atoms with E-state index in [4.69, 9.17) is 10.5 Å². The van der Waals surface area contributed by atoms with Crippen molar-refractivity contribution in [1.29, 1.82) is 0 Å². The molecule has 1 aromatic rings. The highest BCUT2D eigenvalue weighted by molar-refractivity contribution is 7.89. The summed E-state index contributed by atoms with van der Waals surface area (Å²) in [4.78, 5) is 11.8. The van der Waals surface area contributed by atoms with Crippen LogP contribution in [0.5, 0.6) is 0 Å². The van der Waals surface area contributed by atoms with E-state index in [0.29, 0.717) is 50.1 Å². The monoisotopic (exact) mass is 370 g/mol. The average Bonchev–Trinajstić information content (AvgIpc) is 2.61. The minimum atomic E-state index is -3.63. The van der Waals surface area contributed by atoms with Crippen molar-refractivity contribution in [3.8, 4) is 0 Å². The van der Waals surface area contributed by atoms with Crippen molar-refractivity contribution in [1.82, 2.24) is 4.31 Å². The molecule has 1 aliphatic heterocycles. The molecule has 0 radical (unpaired) electrons. The summed E-state index contributed by atoms with van der Waals surface area (Å²) in [5.41, 5.74) is 6.43. The van der Waals surface area contributed by atoms with Crippen LogP contribution in [0.15, 0.2) is 23.1 Å². The van der Waals surface area contributed by atoms with E-state index in [-0.39, 0.29) is 17.3 Å². The predicted octanol–water partition coefficient (Wildman–Crippen LogP) is 0.673. The Morgan fingerprint density at radius 2 is 1.96 bits per heavy atom. The van der Waals surface area contributed by atoms with Gasteiger partial charge in [0.1, 0.15) is 0 Å². The van der Waals surface area contributed by atoms with E-state index in [2.05, 4.69) is 24.5 Å². The minimum Gasteiger partial charge on any atom is -0.383 e. The lowest BCUT2D eigenvalue weighted by molar-refractivity contribution is -0.114. The summed E-state index contributed by atoms with van der Waals surface area (Å²) in [6.07, 6.45) is 0. The summed E-state index contributed by atoms with van der Waals surface area (Å²) in [6, 6.07) is 4.69. The van der Waals surface area contributed by atoms with E-state index in [1.54, 1.807) is 12.1 Å². The quantitative estimate of drug-likeness (QED) is 0.650. The Labute approximate surface area is 148 Å². The molecular weight excluding hydrogens is 344 g/mol. The van der Waals surface area contributed by atoms with Gasteiger partial charge in [0.05, 0.1) is 36.0 Å². The van der Waals surface area contributed by atoms with Crippen molar-refractivity contribution in [3.63, 3.8) is 0 Å². The van der Waals surface area contributed by atoms with E-state index in [1.807, 2.05) is 0 Å². The maximum Gasteiger partial charge on any atom is 0.243 e. The lowest BCUT2D eigenvalue weighted by Crippen LogP contribution is -2.40. The summed E-state index contributed by atoms with van der Waals surface area (Å²) in [7, 11) is -3.63. The normalized spacial score (nSPS) is 16.0. The fourth-order valence-corrected chi connectivity index (χ4v) is 3.83. The summed E-state index contributed by atoms with van der Waals surface area (Å²) in [5, 5.41) is 5.88. The second-order valence-electron chi connectivity index (χ2n) is 6.25. The van der Waals surface area contributed by atoms with Gasteiger partial charge in [0.25, 0.3) is 0 Å². The standard InChI is InChI=1S/C16H26N4O4S/c1-12(2)11-18-14-4-3-13(9-15(14)19-16(21)10-17)25(22,23)20-5-7-24-8-6-20/h3-4,9,12,18H,5-8,10-11,17H2,1-2H3,(H,19,21). The van der Waals surface area contributed by atoms with Crippen LogP contribution in [0, 0.1) is 5.92 Å². The van der Waals surface area contributed by atoms with Gasteiger partial charge in [0.15, 0.2) is 0 Å². The van der Waals surface area contributed by atoms with Gasteiger partial charge in [0.2, 0.25) is 15.9 Å². The first-order valence-electron chi connectivity index (χ1n) is 8.30. The molecule has 1 amide bonds. The van der Waals surface area contributed by atoms with Crippen molar-refractivity contribution in [2.45, 2.75) is 18.7 Å². The number of hydrogen-bond acceptors (Lipinski definition) is 6. The zero-order valence-electron chi connectivity index (χ0n) is 14.6. The van der Waals surface area contributed by atoms with Crippen LogP contribution in [0.2, 0.25) is 0 Å². The summed E-state index contributed by atoms with van der Waals surface area (Å²) in [6.45, 7) is 6.03. The number of hydrogen-bond donors (Lipinski definition) is 3. The third-order valence-corrected chi connectivity index (χ3v) is 5.65. The number of morpholine rings is 1. The Bertz CT molecular complexity index is 700. The molecule has 25 heavy (non-hydrogen) atoms. The van der Waals surface area contributed by atoms with Crippen LogP contribution in [0.1, 0.15) is 13.8 Å². The molecule has 1 heterocycles. The van der Waals surface area contributed by atoms with E-state index in [1.165, 1.54) is 10.4 Å². The number of amides is 1. The van der Waals surface area contributed by atoms with E-state index >= 15 is 0 Å². The Kier molecular flexibility index (Phi) is 6.77. The fraction of sp³-hybridized carbons (Fsp3) is 0.562. The molecule has 0 saturated carbocycles. The molecule has 1 aromatic carbocycles. The molecule has 0 aromatic heterocycles. The number of nitrogens with zero attached hydrogens (tertiary/aromatic N) is 1. The van der Waals surface area contributed by atoms with Crippen LogP contribution in [0.4, 0.5) is 11.4 Å². The predicted molar refractivity (Wildman–Crippen MR) is 97.0 cm³/mol. The molecular formula is C16H26N4O4S. The second-order valence-corrected chi connectivity index (χ2v) is 8.19. The number of nitrogens with two attached hydrogens (primary N) is 1. The van der Waals surface area contributed by atoms with Crippen molar-refractivity contribution in [2.75, 3.05) is 50.0 Å². The Balaban J connectivity index is 2.32. The van der Waals surface area contributed by atoms with Crippen LogP contribution in [-0.2, 0) is 19.6 Å². The number of benzene rings is 1. The molecule has 4 N–H and O–H groups in total. The van der Waals surface area contributed by atoms with Gasteiger partial charge >= 0.3 is 0 Å². The maximum absolute atomic E-state index is 12.8. The van der Waals surface area contributed by atoms with Crippen molar-refractivity contribution in [3.05, 3.63) is 18.2 Å². The molecule has 8 nitrogen and oxygen atoms in total. The molecule has 9 heteroatoms. The van der Waals surface area contributed by atoms with Gasteiger partial charge in [-0.15, -0.1) is 0 Å². The minimum absolute atomic E-state index is 0.136. The molecule has 1 aliphatic rings. The number of anilines is 2. The van der Waals surface area contributed by atoms with Crippen LogP contribution in [-0.4, -0.2) is 58.0 Å². The highest BCUT2D eigenvalue weighted by Crippen LogP contribution is 2.28. The lowest BCUT2D eigenvalue weighted by Gasteiger charge is -2.26. The first-order valence-corrected chi connectivity index (χ1v) is 9.74. The second kappa shape index (κ2) is 8.61. The first kappa shape index (κ1) is 19.6. The molecule has 1 fully saturated rings. The van der Waals surface area contributed by atoms with E-state index < -0.39 is 10.0 Å². The van der Waals surface area contributed by atoms with Gasteiger partial charge in [-0.05, 0) is 24.1 Å². The van der Waals surface area contributed by atoms with Crippen LogP contribution >= 0.6 is 0 Å². The van der Waals surface area contributed by atoms with Crippen LogP contribution < -0.4 is 16.4 Å². The van der Waals surface area contributed by atoms with Crippen molar-refractivity contribution < 1.29 is 17.9 Å².